The first-order chi connectivity index (χ1) is 9.04. The zero-order valence-electron chi connectivity index (χ0n) is 9.61. The van der Waals surface area contributed by atoms with Crippen molar-refractivity contribution >= 4 is 33.3 Å². The first kappa shape index (κ1) is 14.1. The van der Waals surface area contributed by atoms with Crippen LogP contribution in [0.25, 0.3) is 0 Å². The third-order valence-corrected chi connectivity index (χ3v) is 3.67. The summed E-state index contributed by atoms with van der Waals surface area (Å²) in [6.07, 6.45) is 1.42. The van der Waals surface area contributed by atoms with Gasteiger partial charge in [0.25, 0.3) is 0 Å². The first-order valence-corrected chi connectivity index (χ1v) is 6.50. The highest BCUT2D eigenvalue weighted by atomic mass is 79.9. The number of halogens is 3. The molecule has 0 aliphatic carbocycles. The maximum absolute atomic E-state index is 13.9. The fourth-order valence-corrected chi connectivity index (χ4v) is 1.95. The summed E-state index contributed by atoms with van der Waals surface area (Å²) in [7, 11) is 0. The number of ketones is 1. The van der Waals surface area contributed by atoms with Gasteiger partial charge >= 0.3 is 0 Å². The lowest BCUT2D eigenvalue weighted by molar-refractivity contribution is 0.103. The van der Waals surface area contributed by atoms with Crippen LogP contribution < -0.4 is 5.73 Å². The Bertz CT molecular complexity index is 631. The van der Waals surface area contributed by atoms with Crippen molar-refractivity contribution in [2.45, 2.75) is 6.54 Å². The quantitative estimate of drug-likeness (QED) is 0.678. The van der Waals surface area contributed by atoms with Crippen LogP contribution in [0.1, 0.15) is 16.1 Å². The van der Waals surface area contributed by atoms with Crippen LogP contribution in [0, 0.1) is 5.82 Å². The number of nitrogens with zero attached hydrogens (tertiary/aromatic N) is 3. The molecule has 2 aromatic rings. The van der Waals surface area contributed by atoms with Gasteiger partial charge in [-0.1, -0.05) is 16.8 Å². The van der Waals surface area contributed by atoms with Gasteiger partial charge in [0.15, 0.2) is 11.5 Å². The summed E-state index contributed by atoms with van der Waals surface area (Å²) >= 11 is 8.82. The van der Waals surface area contributed by atoms with Crippen molar-refractivity contribution < 1.29 is 9.18 Å². The third kappa shape index (κ3) is 2.83. The molecule has 0 amide bonds. The molecule has 0 saturated heterocycles. The van der Waals surface area contributed by atoms with Gasteiger partial charge in [-0.15, -0.1) is 5.10 Å². The van der Waals surface area contributed by atoms with Gasteiger partial charge in [0.1, 0.15) is 0 Å². The van der Waals surface area contributed by atoms with Crippen LogP contribution in [0.3, 0.4) is 0 Å². The van der Waals surface area contributed by atoms with Crippen molar-refractivity contribution in [2.24, 2.45) is 5.73 Å². The number of hydrogen-bond acceptors (Lipinski definition) is 4. The first-order valence-electron chi connectivity index (χ1n) is 5.33. The molecule has 0 atom stereocenters. The summed E-state index contributed by atoms with van der Waals surface area (Å²) in [4.78, 5) is 12.1. The molecular formula is C11H9BrClFN4O. The van der Waals surface area contributed by atoms with Crippen LogP contribution in [-0.4, -0.2) is 27.3 Å². The molecule has 100 valence electrons. The fourth-order valence-electron chi connectivity index (χ4n) is 1.48. The van der Waals surface area contributed by atoms with Gasteiger partial charge in [-0.05, 0) is 28.1 Å². The fraction of sp³-hybridized carbons (Fsp3) is 0.182. The summed E-state index contributed by atoms with van der Waals surface area (Å²) in [5.74, 6) is -1.36. The highest BCUT2D eigenvalue weighted by Gasteiger charge is 2.20. The van der Waals surface area contributed by atoms with Crippen LogP contribution in [-0.2, 0) is 6.54 Å². The zero-order valence-corrected chi connectivity index (χ0v) is 11.9. The van der Waals surface area contributed by atoms with Gasteiger partial charge in [0, 0.05) is 11.0 Å². The van der Waals surface area contributed by atoms with Crippen molar-refractivity contribution in [2.75, 3.05) is 6.54 Å². The van der Waals surface area contributed by atoms with Crippen molar-refractivity contribution in [3.63, 3.8) is 0 Å². The van der Waals surface area contributed by atoms with Gasteiger partial charge in [-0.3, -0.25) is 9.48 Å². The minimum atomic E-state index is -0.783. The minimum absolute atomic E-state index is 0.0470. The number of carbonyl (C=O) groups is 1. The van der Waals surface area contributed by atoms with Crippen LogP contribution in [0.4, 0.5) is 4.39 Å². The number of hydrogen-bond donors (Lipinski definition) is 1. The van der Waals surface area contributed by atoms with E-state index >= 15 is 0 Å². The lowest BCUT2D eigenvalue weighted by atomic mass is 10.1. The Morgan fingerprint density at radius 1 is 1.53 bits per heavy atom. The minimum Gasteiger partial charge on any atom is -0.329 e. The van der Waals surface area contributed by atoms with Crippen LogP contribution in [0.5, 0.6) is 0 Å². The van der Waals surface area contributed by atoms with E-state index in [-0.39, 0.29) is 16.3 Å². The second kappa shape index (κ2) is 5.77. The number of aromatic nitrogens is 3. The molecule has 1 heterocycles. The lowest BCUT2D eigenvalue weighted by Gasteiger charge is -2.03. The van der Waals surface area contributed by atoms with E-state index in [1.807, 2.05) is 0 Å². The Morgan fingerprint density at radius 3 is 2.95 bits per heavy atom. The molecule has 19 heavy (non-hydrogen) atoms. The monoisotopic (exact) mass is 346 g/mol. The van der Waals surface area contributed by atoms with Crippen LogP contribution in [0.2, 0.25) is 5.02 Å². The van der Waals surface area contributed by atoms with E-state index in [1.165, 1.54) is 23.0 Å². The molecule has 0 aliphatic rings. The van der Waals surface area contributed by atoms with Crippen LogP contribution >= 0.6 is 27.5 Å². The Hall–Kier alpha value is -1.31. The van der Waals surface area contributed by atoms with Gasteiger partial charge < -0.3 is 5.73 Å². The largest absolute Gasteiger partial charge is 0.329 e. The number of nitrogens with two attached hydrogens (primary N) is 1. The molecule has 8 heteroatoms. The van der Waals surface area contributed by atoms with E-state index in [9.17, 15) is 9.18 Å². The predicted molar refractivity (Wildman–Crippen MR) is 71.6 cm³/mol. The molecular weight excluding hydrogens is 339 g/mol. The van der Waals surface area contributed by atoms with Crippen molar-refractivity contribution in [3.05, 3.63) is 44.9 Å². The number of carbonyl (C=O) groups excluding carboxylic acids is 1. The molecule has 1 aromatic carbocycles. The molecule has 0 saturated carbocycles. The van der Waals surface area contributed by atoms with Gasteiger partial charge in [-0.2, -0.15) is 0 Å². The Balaban J connectivity index is 2.36. The van der Waals surface area contributed by atoms with Crippen molar-refractivity contribution in [3.8, 4) is 0 Å². The highest BCUT2D eigenvalue weighted by Crippen LogP contribution is 2.28. The lowest BCUT2D eigenvalue weighted by Crippen LogP contribution is -2.10. The molecule has 0 spiro atoms. The van der Waals surface area contributed by atoms with Crippen molar-refractivity contribution in [1.29, 1.82) is 0 Å². The van der Waals surface area contributed by atoms with Gasteiger partial charge in [0.2, 0.25) is 5.78 Å². The van der Waals surface area contributed by atoms with E-state index in [0.29, 0.717) is 17.6 Å². The molecule has 0 fully saturated rings. The summed E-state index contributed by atoms with van der Waals surface area (Å²) in [5.41, 5.74) is 5.26. The van der Waals surface area contributed by atoms with Crippen molar-refractivity contribution in [1.82, 2.24) is 15.0 Å². The summed E-state index contributed by atoms with van der Waals surface area (Å²) < 4.78 is 15.7. The van der Waals surface area contributed by atoms with Gasteiger partial charge in [0.05, 0.1) is 23.3 Å². The maximum atomic E-state index is 13.9. The van der Waals surface area contributed by atoms with E-state index < -0.39 is 11.6 Å². The normalized spacial score (nSPS) is 10.7. The average Bonchev–Trinajstić information content (AvgIpc) is 2.85. The second-order valence-corrected chi connectivity index (χ2v) is 4.94. The molecule has 0 bridgehead atoms. The topological polar surface area (TPSA) is 73.8 Å². The Morgan fingerprint density at radius 2 is 2.26 bits per heavy atom. The number of rotatable bonds is 4. The van der Waals surface area contributed by atoms with Crippen LogP contribution in [0.15, 0.2) is 22.8 Å². The standard InChI is InChI=1S/C11H9BrClFN4O/c12-7-2-1-6(10(14)9(7)13)11(19)8-5-18(4-3-15)17-16-8/h1-2,5H,3-4,15H2. The Kier molecular flexibility index (Phi) is 4.28. The molecule has 0 radical (unpaired) electrons. The average molecular weight is 348 g/mol. The SMILES string of the molecule is NCCn1cc(C(=O)c2ccc(Br)c(Cl)c2F)nn1. The zero-order chi connectivity index (χ0) is 14.0. The summed E-state index contributed by atoms with van der Waals surface area (Å²) in [5, 5.41) is 7.28. The molecule has 5 nitrogen and oxygen atoms in total. The number of benzene rings is 1. The molecule has 0 unspecified atom stereocenters. The summed E-state index contributed by atoms with van der Waals surface area (Å²) in [6.45, 7) is 0.805. The molecule has 2 rings (SSSR count). The summed E-state index contributed by atoms with van der Waals surface area (Å²) in [6, 6.07) is 2.85. The second-order valence-electron chi connectivity index (χ2n) is 3.71. The maximum Gasteiger partial charge on any atom is 0.217 e. The van der Waals surface area contributed by atoms with Gasteiger partial charge in [-0.25, -0.2) is 4.39 Å². The highest BCUT2D eigenvalue weighted by molar-refractivity contribution is 9.10. The Labute approximate surface area is 121 Å². The predicted octanol–water partition coefficient (Wildman–Crippen LogP) is 2.02. The third-order valence-electron chi connectivity index (χ3n) is 2.41. The smallest absolute Gasteiger partial charge is 0.217 e. The van der Waals surface area contributed by atoms with E-state index in [1.54, 1.807) is 0 Å². The molecule has 2 N–H and O–H groups in total. The van der Waals surface area contributed by atoms with E-state index in [4.69, 9.17) is 17.3 Å². The van der Waals surface area contributed by atoms with E-state index in [2.05, 4.69) is 26.2 Å². The molecule has 1 aromatic heterocycles. The van der Waals surface area contributed by atoms with E-state index in [0.717, 1.165) is 0 Å². The molecule has 0 aliphatic heterocycles.